The van der Waals surface area contributed by atoms with Gasteiger partial charge in [0.25, 0.3) is 5.91 Å². The largest absolute Gasteiger partial charge is 0.379 e. The molecule has 0 aliphatic carbocycles. The zero-order chi connectivity index (χ0) is 22.1. The third kappa shape index (κ3) is 4.38. The molecule has 1 amide bonds. The van der Waals surface area contributed by atoms with Crippen LogP contribution in [-0.4, -0.2) is 70.8 Å². The number of amides is 1. The van der Waals surface area contributed by atoms with Gasteiger partial charge in [0, 0.05) is 31.2 Å². The molecule has 2 N–H and O–H groups in total. The number of benzene rings is 1. The monoisotopic (exact) mass is 453 g/mol. The molecule has 7 nitrogen and oxygen atoms in total. The Morgan fingerprint density at radius 2 is 1.78 bits per heavy atom. The van der Waals surface area contributed by atoms with Gasteiger partial charge in [0.05, 0.1) is 29.4 Å². The lowest BCUT2D eigenvalue weighted by molar-refractivity contribution is 0.000231. The molecule has 2 fully saturated rings. The molecule has 2 aliphatic heterocycles. The number of nitrogens with two attached hydrogens (primary N) is 1. The first-order chi connectivity index (χ1) is 15.6. The number of primary amides is 1. The Hall–Kier alpha value is -2.45. The first-order valence-corrected chi connectivity index (χ1v) is 11.6. The number of carbonyl (C=O) groups excluding carboxylic acids is 1. The molecule has 0 spiro atoms. The van der Waals surface area contributed by atoms with Crippen LogP contribution in [0.15, 0.2) is 42.5 Å². The summed E-state index contributed by atoms with van der Waals surface area (Å²) in [5.74, 6) is -0.552. The standard InChI is InChI=1S/C24H28ClN5O2/c25-20-15-23(24(26)31)30-22(20)6-5-21(27-30)18-3-1-17(2-4-18)16-28-9-7-19(8-10-28)29-11-13-32-14-12-29/h1-6,15,19H,7-14,16H2,(H2,26,31). The van der Waals surface area contributed by atoms with Crippen molar-refractivity contribution in [2.24, 2.45) is 5.73 Å². The van der Waals surface area contributed by atoms with Crippen LogP contribution in [0.3, 0.4) is 0 Å². The molecule has 0 atom stereocenters. The van der Waals surface area contributed by atoms with Gasteiger partial charge in [0.2, 0.25) is 0 Å². The van der Waals surface area contributed by atoms with Crippen molar-refractivity contribution < 1.29 is 9.53 Å². The van der Waals surface area contributed by atoms with E-state index < -0.39 is 5.91 Å². The summed E-state index contributed by atoms with van der Waals surface area (Å²) in [5.41, 5.74) is 9.47. The highest BCUT2D eigenvalue weighted by atomic mass is 35.5. The van der Waals surface area contributed by atoms with Crippen LogP contribution in [0.2, 0.25) is 5.02 Å². The van der Waals surface area contributed by atoms with E-state index in [9.17, 15) is 4.79 Å². The molecular weight excluding hydrogens is 426 g/mol. The average Bonchev–Trinajstić information content (AvgIpc) is 3.17. The van der Waals surface area contributed by atoms with Crippen LogP contribution in [0.25, 0.3) is 16.8 Å². The van der Waals surface area contributed by atoms with Crippen LogP contribution in [0, 0.1) is 0 Å². The highest BCUT2D eigenvalue weighted by Crippen LogP contribution is 2.25. The third-order valence-corrected chi connectivity index (χ3v) is 6.90. The Morgan fingerprint density at radius 3 is 2.47 bits per heavy atom. The minimum absolute atomic E-state index is 0.281. The van der Waals surface area contributed by atoms with Crippen molar-refractivity contribution in [1.82, 2.24) is 19.4 Å². The molecule has 2 aromatic heterocycles. The Kier molecular flexibility index (Phi) is 6.15. The number of rotatable bonds is 5. The van der Waals surface area contributed by atoms with E-state index in [1.807, 2.05) is 12.1 Å². The van der Waals surface area contributed by atoms with Gasteiger partial charge >= 0.3 is 0 Å². The van der Waals surface area contributed by atoms with Gasteiger partial charge in [0.15, 0.2) is 0 Å². The summed E-state index contributed by atoms with van der Waals surface area (Å²) in [7, 11) is 0. The maximum atomic E-state index is 11.7. The minimum Gasteiger partial charge on any atom is -0.379 e. The van der Waals surface area contributed by atoms with Crippen molar-refractivity contribution >= 4 is 23.0 Å². The smallest absolute Gasteiger partial charge is 0.267 e. The van der Waals surface area contributed by atoms with Crippen molar-refractivity contribution in [3.8, 4) is 11.3 Å². The number of morpholine rings is 1. The molecule has 168 valence electrons. The lowest BCUT2D eigenvalue weighted by atomic mass is 10.0. The maximum Gasteiger partial charge on any atom is 0.267 e. The van der Waals surface area contributed by atoms with E-state index in [0.29, 0.717) is 16.6 Å². The number of nitrogens with zero attached hydrogens (tertiary/aromatic N) is 4. The van der Waals surface area contributed by atoms with Gasteiger partial charge in [-0.1, -0.05) is 35.9 Å². The molecule has 5 rings (SSSR count). The van der Waals surface area contributed by atoms with Crippen LogP contribution in [-0.2, 0) is 11.3 Å². The quantitative estimate of drug-likeness (QED) is 0.642. The number of likely N-dealkylation sites (tertiary alicyclic amines) is 1. The normalized spacial score (nSPS) is 18.9. The SMILES string of the molecule is NC(=O)c1cc(Cl)c2ccc(-c3ccc(CN4CCC(N5CCOCC5)CC4)cc3)nn12. The lowest BCUT2D eigenvalue weighted by Gasteiger charge is -2.40. The third-order valence-electron chi connectivity index (χ3n) is 6.60. The molecular formula is C24H28ClN5O2. The number of fused-ring (bicyclic) bond motifs is 1. The predicted octanol–water partition coefficient (Wildman–Crippen LogP) is 3.05. The van der Waals surface area contributed by atoms with E-state index in [0.717, 1.165) is 57.2 Å². The second-order valence-electron chi connectivity index (χ2n) is 8.61. The fourth-order valence-corrected chi connectivity index (χ4v) is 5.04. The van der Waals surface area contributed by atoms with Crippen LogP contribution in [0.4, 0.5) is 0 Å². The minimum atomic E-state index is -0.552. The zero-order valence-corrected chi connectivity index (χ0v) is 18.8. The van der Waals surface area contributed by atoms with Gasteiger partial charge in [-0.2, -0.15) is 5.10 Å². The fourth-order valence-electron chi connectivity index (χ4n) is 4.80. The molecule has 2 saturated heterocycles. The summed E-state index contributed by atoms with van der Waals surface area (Å²) in [6, 6.07) is 14.5. The summed E-state index contributed by atoms with van der Waals surface area (Å²) in [4.78, 5) is 16.8. The molecule has 0 bridgehead atoms. The van der Waals surface area contributed by atoms with Crippen molar-refractivity contribution in [3.05, 3.63) is 58.7 Å². The van der Waals surface area contributed by atoms with E-state index in [1.54, 1.807) is 6.07 Å². The Morgan fingerprint density at radius 1 is 1.06 bits per heavy atom. The highest BCUT2D eigenvalue weighted by Gasteiger charge is 2.25. The molecule has 0 saturated carbocycles. The molecule has 4 heterocycles. The highest BCUT2D eigenvalue weighted by molar-refractivity contribution is 6.34. The molecule has 0 radical (unpaired) electrons. The van der Waals surface area contributed by atoms with Gasteiger partial charge in [-0.25, -0.2) is 4.52 Å². The second-order valence-corrected chi connectivity index (χ2v) is 9.02. The Labute approximate surface area is 192 Å². The van der Waals surface area contributed by atoms with Crippen molar-refractivity contribution in [3.63, 3.8) is 0 Å². The van der Waals surface area contributed by atoms with E-state index in [4.69, 9.17) is 22.1 Å². The van der Waals surface area contributed by atoms with Gasteiger partial charge in [0.1, 0.15) is 5.69 Å². The number of aromatic nitrogens is 2. The zero-order valence-electron chi connectivity index (χ0n) is 18.0. The summed E-state index contributed by atoms with van der Waals surface area (Å²) in [6.45, 7) is 7.11. The van der Waals surface area contributed by atoms with E-state index in [2.05, 4.69) is 39.2 Å². The maximum absolute atomic E-state index is 11.7. The molecule has 8 heteroatoms. The Balaban J connectivity index is 1.24. The van der Waals surface area contributed by atoms with Crippen LogP contribution < -0.4 is 5.73 Å². The lowest BCUT2D eigenvalue weighted by Crippen LogP contribution is -2.48. The molecule has 1 aromatic carbocycles. The molecule has 0 unspecified atom stereocenters. The Bertz CT molecular complexity index is 1100. The van der Waals surface area contributed by atoms with Crippen molar-refractivity contribution in [2.45, 2.75) is 25.4 Å². The summed E-state index contributed by atoms with van der Waals surface area (Å²) in [6.07, 6.45) is 2.45. The van der Waals surface area contributed by atoms with Gasteiger partial charge in [-0.05, 0) is 49.7 Å². The number of ether oxygens (including phenoxy) is 1. The van der Waals surface area contributed by atoms with Crippen LogP contribution >= 0.6 is 11.6 Å². The van der Waals surface area contributed by atoms with Crippen molar-refractivity contribution in [1.29, 1.82) is 0 Å². The number of hydrogen-bond acceptors (Lipinski definition) is 5. The van der Waals surface area contributed by atoms with Crippen LogP contribution in [0.1, 0.15) is 28.9 Å². The number of piperidine rings is 1. The molecule has 2 aliphatic rings. The second kappa shape index (κ2) is 9.19. The van der Waals surface area contributed by atoms with Gasteiger partial charge in [-0.3, -0.25) is 14.6 Å². The molecule has 32 heavy (non-hydrogen) atoms. The first kappa shape index (κ1) is 21.4. The van der Waals surface area contributed by atoms with E-state index in [-0.39, 0.29) is 5.69 Å². The summed E-state index contributed by atoms with van der Waals surface area (Å²) >= 11 is 6.21. The number of halogens is 1. The fraction of sp³-hybridized carbons (Fsp3) is 0.417. The average molecular weight is 454 g/mol. The van der Waals surface area contributed by atoms with Crippen LogP contribution in [0.5, 0.6) is 0 Å². The number of carbonyl (C=O) groups is 1. The van der Waals surface area contributed by atoms with Gasteiger partial charge < -0.3 is 10.5 Å². The van der Waals surface area contributed by atoms with Crippen molar-refractivity contribution in [2.75, 3.05) is 39.4 Å². The van der Waals surface area contributed by atoms with Gasteiger partial charge in [-0.15, -0.1) is 0 Å². The molecule has 3 aromatic rings. The predicted molar refractivity (Wildman–Crippen MR) is 125 cm³/mol. The van der Waals surface area contributed by atoms with E-state index in [1.165, 1.54) is 22.9 Å². The summed E-state index contributed by atoms with van der Waals surface area (Å²) in [5, 5.41) is 5.06. The number of hydrogen-bond donors (Lipinski definition) is 1. The summed E-state index contributed by atoms with van der Waals surface area (Å²) < 4.78 is 7.01. The first-order valence-electron chi connectivity index (χ1n) is 11.2. The van der Waals surface area contributed by atoms with E-state index >= 15 is 0 Å². The topological polar surface area (TPSA) is 76.1 Å².